The molecule has 1 aliphatic carbocycles. The highest BCUT2D eigenvalue weighted by Crippen LogP contribution is 2.39. The fourth-order valence-corrected chi connectivity index (χ4v) is 3.22. The van der Waals surface area contributed by atoms with Crippen molar-refractivity contribution in [1.82, 2.24) is 0 Å². The van der Waals surface area contributed by atoms with E-state index in [4.69, 9.17) is 0 Å². The van der Waals surface area contributed by atoms with Crippen molar-refractivity contribution in [2.24, 2.45) is 23.7 Å². The third-order valence-electron chi connectivity index (χ3n) is 4.63. The Morgan fingerprint density at radius 3 is 2.29 bits per heavy atom. The van der Waals surface area contributed by atoms with Gasteiger partial charge in [0.15, 0.2) is 0 Å². The van der Waals surface area contributed by atoms with Crippen LogP contribution < -0.4 is 0 Å². The molecule has 0 spiro atoms. The molecule has 0 saturated heterocycles. The molecule has 0 aromatic carbocycles. The van der Waals surface area contributed by atoms with Gasteiger partial charge in [0, 0.05) is 0 Å². The lowest BCUT2D eigenvalue weighted by atomic mass is 9.70. The molecule has 0 bridgehead atoms. The Morgan fingerprint density at radius 2 is 1.82 bits per heavy atom. The second-order valence-corrected chi connectivity index (χ2v) is 6.47. The fraction of sp³-hybridized carbons (Fsp3) is 0.765. The van der Waals surface area contributed by atoms with Crippen molar-refractivity contribution >= 4 is 0 Å². The topological polar surface area (TPSA) is 0 Å². The van der Waals surface area contributed by atoms with Gasteiger partial charge in [-0.1, -0.05) is 51.0 Å². The van der Waals surface area contributed by atoms with Gasteiger partial charge in [-0.15, -0.1) is 0 Å². The molecule has 4 atom stereocenters. The Bertz CT molecular complexity index is 274. The molecule has 1 rings (SSSR count). The monoisotopic (exact) mass is 234 g/mol. The molecule has 0 aromatic heterocycles. The summed E-state index contributed by atoms with van der Waals surface area (Å²) in [6.07, 6.45) is 6.90. The maximum Gasteiger partial charge on any atom is -0.0175 e. The van der Waals surface area contributed by atoms with Crippen LogP contribution in [0, 0.1) is 23.7 Å². The van der Waals surface area contributed by atoms with Crippen molar-refractivity contribution in [3.05, 3.63) is 24.3 Å². The minimum atomic E-state index is 0.633. The summed E-state index contributed by atoms with van der Waals surface area (Å²) in [5, 5.41) is 0. The summed E-state index contributed by atoms with van der Waals surface area (Å²) in [6, 6.07) is 0. The molecular formula is C17H30. The van der Waals surface area contributed by atoms with E-state index in [2.05, 4.69) is 40.9 Å². The smallest absolute Gasteiger partial charge is 0.0175 e. The Morgan fingerprint density at radius 1 is 1.18 bits per heavy atom. The van der Waals surface area contributed by atoms with Gasteiger partial charge >= 0.3 is 0 Å². The summed E-state index contributed by atoms with van der Waals surface area (Å²) in [4.78, 5) is 0. The summed E-state index contributed by atoms with van der Waals surface area (Å²) in [7, 11) is 0. The second-order valence-electron chi connectivity index (χ2n) is 6.47. The van der Waals surface area contributed by atoms with Crippen LogP contribution in [0.5, 0.6) is 0 Å². The normalized spacial score (nSPS) is 28.5. The SMILES string of the molecule is C=C(C)C(C)CC(C(=C)C)C1CCCC(C)C1. The summed E-state index contributed by atoms with van der Waals surface area (Å²) in [5.41, 5.74) is 2.71. The average Bonchev–Trinajstić information content (AvgIpc) is 2.24. The predicted octanol–water partition coefficient (Wildman–Crippen LogP) is 5.61. The van der Waals surface area contributed by atoms with E-state index in [0.717, 1.165) is 11.8 Å². The Hall–Kier alpha value is -0.520. The highest BCUT2D eigenvalue weighted by molar-refractivity contribution is 5.04. The predicted molar refractivity (Wildman–Crippen MR) is 78.0 cm³/mol. The molecule has 17 heavy (non-hydrogen) atoms. The van der Waals surface area contributed by atoms with Crippen LogP contribution in [0.15, 0.2) is 24.3 Å². The summed E-state index contributed by atoms with van der Waals surface area (Å²) < 4.78 is 0. The third kappa shape index (κ3) is 4.33. The molecule has 4 unspecified atom stereocenters. The highest BCUT2D eigenvalue weighted by atomic mass is 14.3. The van der Waals surface area contributed by atoms with E-state index in [0.29, 0.717) is 11.8 Å². The van der Waals surface area contributed by atoms with Gasteiger partial charge in [-0.3, -0.25) is 0 Å². The van der Waals surface area contributed by atoms with Gasteiger partial charge in [-0.05, 0) is 56.8 Å². The van der Waals surface area contributed by atoms with Crippen LogP contribution in [0.4, 0.5) is 0 Å². The molecular weight excluding hydrogens is 204 g/mol. The first kappa shape index (κ1) is 14.5. The van der Waals surface area contributed by atoms with E-state index in [1.165, 1.54) is 43.3 Å². The van der Waals surface area contributed by atoms with Gasteiger partial charge in [0.25, 0.3) is 0 Å². The molecule has 0 heterocycles. The number of allylic oxidation sites excluding steroid dienone is 2. The van der Waals surface area contributed by atoms with Crippen LogP contribution in [-0.2, 0) is 0 Å². The van der Waals surface area contributed by atoms with Crippen LogP contribution in [0.1, 0.15) is 59.8 Å². The molecule has 0 radical (unpaired) electrons. The van der Waals surface area contributed by atoms with Crippen molar-refractivity contribution in [2.45, 2.75) is 59.8 Å². The standard InChI is InChI=1S/C17H30/c1-12(2)15(6)11-17(13(3)4)16-9-7-8-14(5)10-16/h14-17H,1,3,7-11H2,2,4-6H3. The van der Waals surface area contributed by atoms with Gasteiger partial charge in [0.05, 0.1) is 0 Å². The summed E-state index contributed by atoms with van der Waals surface area (Å²) >= 11 is 0. The molecule has 0 N–H and O–H groups in total. The van der Waals surface area contributed by atoms with Gasteiger partial charge in [-0.2, -0.15) is 0 Å². The Kier molecular flexibility index (Phi) is 5.49. The first-order valence-electron chi connectivity index (χ1n) is 7.22. The van der Waals surface area contributed by atoms with Crippen LogP contribution in [0.2, 0.25) is 0 Å². The number of hydrogen-bond donors (Lipinski definition) is 0. The molecule has 98 valence electrons. The van der Waals surface area contributed by atoms with Crippen molar-refractivity contribution in [1.29, 1.82) is 0 Å². The van der Waals surface area contributed by atoms with Gasteiger partial charge in [0.2, 0.25) is 0 Å². The molecule has 0 aliphatic heterocycles. The van der Waals surface area contributed by atoms with Crippen LogP contribution in [-0.4, -0.2) is 0 Å². The molecule has 1 aliphatic rings. The van der Waals surface area contributed by atoms with E-state index in [9.17, 15) is 0 Å². The van der Waals surface area contributed by atoms with Crippen molar-refractivity contribution in [3.8, 4) is 0 Å². The van der Waals surface area contributed by atoms with Gasteiger partial charge < -0.3 is 0 Å². The molecule has 0 heteroatoms. The van der Waals surface area contributed by atoms with Crippen molar-refractivity contribution < 1.29 is 0 Å². The van der Waals surface area contributed by atoms with Crippen LogP contribution >= 0.6 is 0 Å². The highest BCUT2D eigenvalue weighted by Gasteiger charge is 2.28. The van der Waals surface area contributed by atoms with Crippen LogP contribution in [0.25, 0.3) is 0 Å². The first-order valence-corrected chi connectivity index (χ1v) is 7.22. The largest absolute Gasteiger partial charge is 0.0999 e. The van der Waals surface area contributed by atoms with Crippen molar-refractivity contribution in [3.63, 3.8) is 0 Å². The first-order chi connectivity index (χ1) is 7.91. The van der Waals surface area contributed by atoms with Gasteiger partial charge in [-0.25, -0.2) is 0 Å². The van der Waals surface area contributed by atoms with Gasteiger partial charge in [0.1, 0.15) is 0 Å². The average molecular weight is 234 g/mol. The maximum absolute atomic E-state index is 4.24. The lowest BCUT2D eigenvalue weighted by Crippen LogP contribution is -2.24. The zero-order valence-electron chi connectivity index (χ0n) is 12.3. The van der Waals surface area contributed by atoms with Crippen molar-refractivity contribution in [2.75, 3.05) is 0 Å². The van der Waals surface area contributed by atoms with E-state index < -0.39 is 0 Å². The summed E-state index contributed by atoms with van der Waals surface area (Å²) in [5.74, 6) is 3.13. The lowest BCUT2D eigenvalue weighted by molar-refractivity contribution is 0.208. The zero-order valence-corrected chi connectivity index (χ0v) is 12.3. The lowest BCUT2D eigenvalue weighted by Gasteiger charge is -2.35. The minimum Gasteiger partial charge on any atom is -0.0999 e. The van der Waals surface area contributed by atoms with E-state index in [1.807, 2.05) is 0 Å². The Balaban J connectivity index is 2.64. The fourth-order valence-electron chi connectivity index (χ4n) is 3.22. The van der Waals surface area contributed by atoms with Crippen LogP contribution in [0.3, 0.4) is 0 Å². The van der Waals surface area contributed by atoms with E-state index in [-0.39, 0.29) is 0 Å². The quantitative estimate of drug-likeness (QED) is 0.543. The number of hydrogen-bond acceptors (Lipinski definition) is 0. The zero-order chi connectivity index (χ0) is 13.0. The third-order valence-corrected chi connectivity index (χ3v) is 4.63. The molecule has 0 amide bonds. The second kappa shape index (κ2) is 6.42. The Labute approximate surface area is 108 Å². The molecule has 1 fully saturated rings. The minimum absolute atomic E-state index is 0.633. The van der Waals surface area contributed by atoms with E-state index in [1.54, 1.807) is 0 Å². The molecule has 0 aromatic rings. The molecule has 0 nitrogen and oxygen atoms in total. The maximum atomic E-state index is 4.24. The number of rotatable bonds is 5. The molecule has 1 saturated carbocycles. The van der Waals surface area contributed by atoms with E-state index >= 15 is 0 Å². The summed E-state index contributed by atoms with van der Waals surface area (Å²) in [6.45, 7) is 17.4.